The maximum Gasteiger partial charge on any atom is 0.228 e. The van der Waals surface area contributed by atoms with Gasteiger partial charge < -0.3 is 5.32 Å². The van der Waals surface area contributed by atoms with E-state index in [2.05, 4.69) is 5.32 Å². The molecule has 25 heavy (non-hydrogen) atoms. The van der Waals surface area contributed by atoms with Crippen molar-refractivity contribution in [3.8, 4) is 0 Å². The Labute approximate surface area is 157 Å². The number of halogens is 1. The van der Waals surface area contributed by atoms with E-state index in [1.54, 1.807) is 11.8 Å². The maximum absolute atomic E-state index is 12.3. The van der Waals surface area contributed by atoms with Gasteiger partial charge in [-0.3, -0.25) is 4.79 Å². The van der Waals surface area contributed by atoms with Crippen LogP contribution in [-0.2, 0) is 17.0 Å². The van der Waals surface area contributed by atoms with Crippen LogP contribution < -0.4 is 5.32 Å². The summed E-state index contributed by atoms with van der Waals surface area (Å²) in [7, 11) is 0. The van der Waals surface area contributed by atoms with Gasteiger partial charge in [0.2, 0.25) is 5.91 Å². The van der Waals surface area contributed by atoms with Crippen LogP contribution in [0.5, 0.6) is 0 Å². The Bertz CT molecular complexity index is 834. The van der Waals surface area contributed by atoms with Crippen LogP contribution >= 0.6 is 23.4 Å². The van der Waals surface area contributed by atoms with Crippen LogP contribution in [0.15, 0.2) is 83.8 Å². The Morgan fingerprint density at radius 1 is 0.840 bits per heavy atom. The van der Waals surface area contributed by atoms with Crippen molar-refractivity contribution in [2.24, 2.45) is 0 Å². The van der Waals surface area contributed by atoms with Gasteiger partial charge in [-0.1, -0.05) is 66.2 Å². The first-order valence-corrected chi connectivity index (χ1v) is 9.37. The molecule has 0 heterocycles. The van der Waals surface area contributed by atoms with E-state index >= 15 is 0 Å². The van der Waals surface area contributed by atoms with Crippen LogP contribution in [0.1, 0.15) is 11.1 Å². The number of amides is 1. The molecular weight excluding hydrogens is 350 g/mol. The molecule has 0 saturated heterocycles. The number of hydrogen-bond donors (Lipinski definition) is 1. The predicted octanol–water partition coefficient (Wildman–Crippen LogP) is 5.81. The summed E-state index contributed by atoms with van der Waals surface area (Å²) in [4.78, 5) is 13.4. The molecule has 3 aromatic rings. The molecule has 0 aliphatic rings. The van der Waals surface area contributed by atoms with Crippen molar-refractivity contribution >= 4 is 35.0 Å². The molecule has 3 rings (SSSR count). The number of thioether (sulfide) groups is 1. The van der Waals surface area contributed by atoms with Gasteiger partial charge in [0, 0.05) is 15.7 Å². The van der Waals surface area contributed by atoms with Crippen molar-refractivity contribution in [1.82, 2.24) is 0 Å². The Morgan fingerprint density at radius 2 is 1.52 bits per heavy atom. The van der Waals surface area contributed by atoms with Crippen molar-refractivity contribution in [3.63, 3.8) is 0 Å². The summed E-state index contributed by atoms with van der Waals surface area (Å²) < 4.78 is 0. The Morgan fingerprint density at radius 3 is 2.28 bits per heavy atom. The molecule has 0 unspecified atom stereocenters. The van der Waals surface area contributed by atoms with Crippen molar-refractivity contribution in [1.29, 1.82) is 0 Å². The lowest BCUT2D eigenvalue weighted by Crippen LogP contribution is -2.14. The standard InChI is InChI=1S/C21H18ClNOS/c22-18-12-10-17(11-13-18)15-25-20-9-5-4-8-19(20)23-21(24)14-16-6-2-1-3-7-16/h1-13H,14-15H2,(H,23,24). The molecule has 0 aliphatic carbocycles. The quantitative estimate of drug-likeness (QED) is 0.556. The smallest absolute Gasteiger partial charge is 0.228 e. The molecule has 0 fully saturated rings. The van der Waals surface area contributed by atoms with Crippen molar-refractivity contribution in [2.75, 3.05) is 5.32 Å². The number of nitrogens with one attached hydrogen (secondary N) is 1. The van der Waals surface area contributed by atoms with E-state index < -0.39 is 0 Å². The topological polar surface area (TPSA) is 29.1 Å². The van der Waals surface area contributed by atoms with Gasteiger partial charge in [-0.25, -0.2) is 0 Å². The van der Waals surface area contributed by atoms with Crippen LogP contribution in [-0.4, -0.2) is 5.91 Å². The number of rotatable bonds is 6. The van der Waals surface area contributed by atoms with Gasteiger partial charge in [-0.05, 0) is 35.4 Å². The van der Waals surface area contributed by atoms with Crippen molar-refractivity contribution in [3.05, 3.63) is 95.0 Å². The zero-order valence-corrected chi connectivity index (χ0v) is 15.2. The molecule has 0 radical (unpaired) electrons. The van der Waals surface area contributed by atoms with E-state index in [0.29, 0.717) is 6.42 Å². The van der Waals surface area contributed by atoms with E-state index in [1.807, 2.05) is 78.9 Å². The Balaban J connectivity index is 1.64. The summed E-state index contributed by atoms with van der Waals surface area (Å²) in [6.07, 6.45) is 0.372. The largest absolute Gasteiger partial charge is 0.325 e. The lowest BCUT2D eigenvalue weighted by Gasteiger charge is -2.11. The highest BCUT2D eigenvalue weighted by molar-refractivity contribution is 7.98. The first-order chi connectivity index (χ1) is 12.2. The summed E-state index contributed by atoms with van der Waals surface area (Å²) in [6.45, 7) is 0. The molecule has 126 valence electrons. The van der Waals surface area contributed by atoms with Crippen LogP contribution in [0.25, 0.3) is 0 Å². The third-order valence-electron chi connectivity index (χ3n) is 3.68. The number of hydrogen-bond acceptors (Lipinski definition) is 2. The minimum Gasteiger partial charge on any atom is -0.325 e. The number of carbonyl (C=O) groups excluding carboxylic acids is 1. The minimum atomic E-state index is -0.00857. The zero-order valence-electron chi connectivity index (χ0n) is 13.6. The van der Waals surface area contributed by atoms with Gasteiger partial charge in [0.15, 0.2) is 0 Å². The molecule has 4 heteroatoms. The molecule has 2 nitrogen and oxygen atoms in total. The van der Waals surface area contributed by atoms with E-state index in [1.165, 1.54) is 5.56 Å². The summed E-state index contributed by atoms with van der Waals surface area (Å²) in [6, 6.07) is 25.5. The van der Waals surface area contributed by atoms with Crippen LogP contribution in [0.3, 0.4) is 0 Å². The zero-order chi connectivity index (χ0) is 17.5. The normalized spacial score (nSPS) is 10.4. The fourth-order valence-corrected chi connectivity index (χ4v) is 3.50. The lowest BCUT2D eigenvalue weighted by molar-refractivity contribution is -0.115. The summed E-state index contributed by atoms with van der Waals surface area (Å²) in [5, 5.41) is 3.76. The molecule has 0 spiro atoms. The number of para-hydroxylation sites is 1. The van der Waals surface area contributed by atoms with Crippen LogP contribution in [0, 0.1) is 0 Å². The molecule has 0 aliphatic heterocycles. The van der Waals surface area contributed by atoms with Gasteiger partial charge in [-0.2, -0.15) is 0 Å². The van der Waals surface area contributed by atoms with E-state index in [0.717, 1.165) is 26.9 Å². The van der Waals surface area contributed by atoms with Gasteiger partial charge >= 0.3 is 0 Å². The number of anilines is 1. The average molecular weight is 368 g/mol. The first kappa shape index (κ1) is 17.6. The van der Waals surface area contributed by atoms with Gasteiger partial charge in [-0.15, -0.1) is 11.8 Å². The fraction of sp³-hybridized carbons (Fsp3) is 0.0952. The monoisotopic (exact) mass is 367 g/mol. The summed E-state index contributed by atoms with van der Waals surface area (Å²) in [5.41, 5.74) is 3.05. The fourth-order valence-electron chi connectivity index (χ4n) is 2.41. The highest BCUT2D eigenvalue weighted by atomic mass is 35.5. The van der Waals surface area contributed by atoms with E-state index in [-0.39, 0.29) is 5.91 Å². The summed E-state index contributed by atoms with van der Waals surface area (Å²) >= 11 is 7.62. The lowest BCUT2D eigenvalue weighted by atomic mass is 10.1. The Kier molecular flexibility index (Phi) is 6.15. The number of benzene rings is 3. The SMILES string of the molecule is O=C(Cc1ccccc1)Nc1ccccc1SCc1ccc(Cl)cc1. The molecule has 3 aromatic carbocycles. The molecule has 0 bridgehead atoms. The van der Waals surface area contributed by atoms with E-state index in [4.69, 9.17) is 11.6 Å². The molecule has 0 atom stereocenters. The molecule has 1 amide bonds. The summed E-state index contributed by atoms with van der Waals surface area (Å²) in [5.74, 6) is 0.814. The van der Waals surface area contributed by atoms with Gasteiger partial charge in [0.05, 0.1) is 12.1 Å². The third-order valence-corrected chi connectivity index (χ3v) is 5.07. The minimum absolute atomic E-state index is 0.00857. The molecular formula is C21H18ClNOS. The van der Waals surface area contributed by atoms with Gasteiger partial charge in [0.25, 0.3) is 0 Å². The second-order valence-corrected chi connectivity index (χ2v) is 7.08. The van der Waals surface area contributed by atoms with Crippen molar-refractivity contribution in [2.45, 2.75) is 17.1 Å². The van der Waals surface area contributed by atoms with Crippen LogP contribution in [0.2, 0.25) is 5.02 Å². The highest BCUT2D eigenvalue weighted by Gasteiger charge is 2.08. The molecule has 1 N–H and O–H groups in total. The first-order valence-electron chi connectivity index (χ1n) is 8.01. The maximum atomic E-state index is 12.3. The average Bonchev–Trinajstić information content (AvgIpc) is 2.63. The predicted molar refractivity (Wildman–Crippen MR) is 106 cm³/mol. The van der Waals surface area contributed by atoms with E-state index in [9.17, 15) is 4.79 Å². The van der Waals surface area contributed by atoms with Crippen molar-refractivity contribution < 1.29 is 4.79 Å². The van der Waals surface area contributed by atoms with Gasteiger partial charge in [0.1, 0.15) is 0 Å². The molecule has 0 aromatic heterocycles. The van der Waals surface area contributed by atoms with Crippen LogP contribution in [0.4, 0.5) is 5.69 Å². The number of carbonyl (C=O) groups is 1. The second kappa shape index (κ2) is 8.75. The highest BCUT2D eigenvalue weighted by Crippen LogP contribution is 2.30. The molecule has 0 saturated carbocycles. The third kappa shape index (κ3) is 5.38. The Hall–Kier alpha value is -2.23. The second-order valence-electron chi connectivity index (χ2n) is 5.62.